The van der Waals surface area contributed by atoms with Crippen molar-refractivity contribution in [1.29, 1.82) is 0 Å². The van der Waals surface area contributed by atoms with Gasteiger partial charge in [0.05, 0.1) is 5.69 Å². The summed E-state index contributed by atoms with van der Waals surface area (Å²) in [6.45, 7) is 5.70. The Labute approximate surface area is 136 Å². The fourth-order valence-electron chi connectivity index (χ4n) is 3.66. The third-order valence-electron chi connectivity index (χ3n) is 4.77. The highest BCUT2D eigenvalue weighted by Gasteiger charge is 2.20. The normalized spacial score (nSPS) is 19.3. The van der Waals surface area contributed by atoms with E-state index >= 15 is 0 Å². The van der Waals surface area contributed by atoms with Crippen LogP contribution >= 0.6 is 0 Å². The molecule has 0 aliphatic carbocycles. The highest BCUT2D eigenvalue weighted by Crippen LogP contribution is 2.31. The van der Waals surface area contributed by atoms with E-state index in [-0.39, 0.29) is 0 Å². The molecule has 1 fully saturated rings. The lowest BCUT2D eigenvalue weighted by Gasteiger charge is -2.31. The maximum atomic E-state index is 4.51. The van der Waals surface area contributed by atoms with Crippen molar-refractivity contribution in [3.05, 3.63) is 48.4 Å². The van der Waals surface area contributed by atoms with Crippen LogP contribution in [0.5, 0.6) is 0 Å². The average molecular weight is 306 g/mol. The summed E-state index contributed by atoms with van der Waals surface area (Å²) in [5, 5.41) is 1.23. The smallest absolute Gasteiger partial charge is 0.138 e. The number of hydrogen-bond donors (Lipinski definition) is 1. The fraction of sp³-hybridized carbons (Fsp3) is 0.368. The molecule has 0 amide bonds. The van der Waals surface area contributed by atoms with Crippen molar-refractivity contribution in [2.75, 3.05) is 13.1 Å². The first-order valence-electron chi connectivity index (χ1n) is 8.39. The minimum Gasteiger partial charge on any atom is -0.339 e. The maximum absolute atomic E-state index is 4.51. The molecule has 23 heavy (non-hydrogen) atoms. The molecule has 0 radical (unpaired) electrons. The molecule has 4 nitrogen and oxygen atoms in total. The minimum absolute atomic E-state index is 0.788. The summed E-state index contributed by atoms with van der Waals surface area (Å²) in [7, 11) is 0. The van der Waals surface area contributed by atoms with E-state index in [2.05, 4.69) is 45.0 Å². The average Bonchev–Trinajstić information content (AvgIpc) is 2.95. The molecule has 0 bridgehead atoms. The Hall–Kier alpha value is -2.20. The first-order chi connectivity index (χ1) is 11.3. The standard InChI is InChI=1S/C19H22N4/c1-14-4-3-11-23(12-14)13-17-16-5-2-8-21-19(16)22-18(17)15-6-9-20-10-7-15/h2,5-10,14H,3-4,11-13H2,1H3,(H,21,22). The molecule has 0 aromatic carbocycles. The monoisotopic (exact) mass is 306 g/mol. The molecule has 1 aliphatic rings. The molecule has 1 saturated heterocycles. The number of rotatable bonds is 3. The van der Waals surface area contributed by atoms with E-state index in [9.17, 15) is 0 Å². The van der Waals surface area contributed by atoms with E-state index in [0.717, 1.165) is 18.1 Å². The van der Waals surface area contributed by atoms with Crippen molar-refractivity contribution in [2.24, 2.45) is 5.92 Å². The first kappa shape index (κ1) is 14.4. The molecule has 4 rings (SSSR count). The van der Waals surface area contributed by atoms with Crippen LogP contribution in [0.2, 0.25) is 0 Å². The van der Waals surface area contributed by atoms with Gasteiger partial charge in [-0.3, -0.25) is 9.88 Å². The van der Waals surface area contributed by atoms with Crippen molar-refractivity contribution >= 4 is 11.0 Å². The second-order valence-electron chi connectivity index (χ2n) is 6.60. The molecule has 1 unspecified atom stereocenters. The van der Waals surface area contributed by atoms with Crippen molar-refractivity contribution in [2.45, 2.75) is 26.3 Å². The number of pyridine rings is 2. The minimum atomic E-state index is 0.788. The van der Waals surface area contributed by atoms with Crippen LogP contribution in [0.1, 0.15) is 25.3 Å². The predicted octanol–water partition coefficient (Wildman–Crippen LogP) is 3.86. The Kier molecular flexibility index (Phi) is 3.83. The molecule has 118 valence electrons. The molecule has 1 atom stereocenters. The van der Waals surface area contributed by atoms with Gasteiger partial charge in [-0.2, -0.15) is 0 Å². The number of hydrogen-bond acceptors (Lipinski definition) is 3. The van der Waals surface area contributed by atoms with Gasteiger partial charge in [0, 0.05) is 48.2 Å². The molecule has 1 aliphatic heterocycles. The third-order valence-corrected chi connectivity index (χ3v) is 4.77. The molecule has 3 aromatic rings. The van der Waals surface area contributed by atoms with Gasteiger partial charge in [-0.1, -0.05) is 6.92 Å². The summed E-state index contributed by atoms with van der Waals surface area (Å²) in [5.41, 5.74) is 4.69. The predicted molar refractivity (Wildman–Crippen MR) is 93.0 cm³/mol. The summed E-state index contributed by atoms with van der Waals surface area (Å²) in [6.07, 6.45) is 8.19. The highest BCUT2D eigenvalue weighted by atomic mass is 15.1. The molecule has 1 N–H and O–H groups in total. The van der Waals surface area contributed by atoms with Crippen molar-refractivity contribution < 1.29 is 0 Å². The van der Waals surface area contributed by atoms with Gasteiger partial charge in [0.25, 0.3) is 0 Å². The van der Waals surface area contributed by atoms with Gasteiger partial charge in [0.15, 0.2) is 0 Å². The molecule has 0 spiro atoms. The number of aromatic amines is 1. The van der Waals surface area contributed by atoms with Crippen LogP contribution in [-0.4, -0.2) is 32.9 Å². The zero-order chi connectivity index (χ0) is 15.6. The number of nitrogens with zero attached hydrogens (tertiary/aromatic N) is 3. The van der Waals surface area contributed by atoms with Crippen molar-refractivity contribution in [3.63, 3.8) is 0 Å². The van der Waals surface area contributed by atoms with Crippen LogP contribution < -0.4 is 0 Å². The largest absolute Gasteiger partial charge is 0.339 e. The van der Waals surface area contributed by atoms with E-state index < -0.39 is 0 Å². The van der Waals surface area contributed by atoms with Gasteiger partial charge in [-0.25, -0.2) is 4.98 Å². The number of likely N-dealkylation sites (tertiary alicyclic amines) is 1. The Morgan fingerprint density at radius 1 is 1.22 bits per heavy atom. The lowest BCUT2D eigenvalue weighted by atomic mass is 9.99. The lowest BCUT2D eigenvalue weighted by molar-refractivity contribution is 0.177. The molecule has 3 aromatic heterocycles. The zero-order valence-electron chi connectivity index (χ0n) is 13.5. The van der Waals surface area contributed by atoms with Crippen molar-refractivity contribution in [1.82, 2.24) is 19.9 Å². The number of H-pyrrole nitrogens is 1. The molecular formula is C19H22N4. The van der Waals surface area contributed by atoms with E-state index in [0.29, 0.717) is 0 Å². The molecule has 0 saturated carbocycles. The van der Waals surface area contributed by atoms with E-state index in [1.807, 2.05) is 24.7 Å². The maximum Gasteiger partial charge on any atom is 0.138 e. The number of piperidine rings is 1. The summed E-state index contributed by atoms with van der Waals surface area (Å²) in [6, 6.07) is 8.32. The Balaban J connectivity index is 1.77. The van der Waals surface area contributed by atoms with Gasteiger partial charge in [-0.15, -0.1) is 0 Å². The molecule has 4 heterocycles. The second kappa shape index (κ2) is 6.13. The van der Waals surface area contributed by atoms with Gasteiger partial charge in [0.2, 0.25) is 0 Å². The van der Waals surface area contributed by atoms with E-state index in [1.165, 1.54) is 48.1 Å². The van der Waals surface area contributed by atoms with Crippen LogP contribution in [-0.2, 0) is 6.54 Å². The highest BCUT2D eigenvalue weighted by molar-refractivity contribution is 5.88. The lowest BCUT2D eigenvalue weighted by Crippen LogP contribution is -2.33. The quantitative estimate of drug-likeness (QED) is 0.799. The molecule has 4 heteroatoms. The number of aromatic nitrogens is 3. The fourth-order valence-corrected chi connectivity index (χ4v) is 3.66. The number of nitrogens with one attached hydrogen (secondary N) is 1. The van der Waals surface area contributed by atoms with Crippen LogP contribution in [0.25, 0.3) is 22.3 Å². The summed E-state index contributed by atoms with van der Waals surface area (Å²) < 4.78 is 0. The van der Waals surface area contributed by atoms with Crippen molar-refractivity contribution in [3.8, 4) is 11.3 Å². The topological polar surface area (TPSA) is 44.8 Å². The Morgan fingerprint density at radius 2 is 2.09 bits per heavy atom. The first-order valence-corrected chi connectivity index (χ1v) is 8.39. The van der Waals surface area contributed by atoms with Crippen LogP contribution in [0.4, 0.5) is 0 Å². The van der Waals surface area contributed by atoms with E-state index in [1.54, 1.807) is 0 Å². The zero-order valence-corrected chi connectivity index (χ0v) is 13.5. The Bertz CT molecular complexity index is 793. The van der Waals surface area contributed by atoms with E-state index in [4.69, 9.17) is 0 Å². The molecular weight excluding hydrogens is 284 g/mol. The van der Waals surface area contributed by atoms with Crippen LogP contribution in [0.3, 0.4) is 0 Å². The van der Waals surface area contributed by atoms with Gasteiger partial charge < -0.3 is 4.98 Å². The third kappa shape index (κ3) is 2.86. The summed E-state index contributed by atoms with van der Waals surface area (Å²) in [4.78, 5) is 14.7. The van der Waals surface area contributed by atoms with Crippen LogP contribution in [0, 0.1) is 5.92 Å². The summed E-state index contributed by atoms with van der Waals surface area (Å²) >= 11 is 0. The van der Waals surface area contributed by atoms with Crippen LogP contribution in [0.15, 0.2) is 42.9 Å². The van der Waals surface area contributed by atoms with Gasteiger partial charge in [0.1, 0.15) is 5.65 Å². The number of fused-ring (bicyclic) bond motifs is 1. The Morgan fingerprint density at radius 3 is 2.91 bits per heavy atom. The van der Waals surface area contributed by atoms with Gasteiger partial charge in [-0.05, 0) is 49.6 Å². The second-order valence-corrected chi connectivity index (χ2v) is 6.60. The SMILES string of the molecule is CC1CCCN(Cc2c(-c3ccncc3)[nH]c3ncccc23)C1. The summed E-state index contributed by atoms with van der Waals surface area (Å²) in [5.74, 6) is 0.788. The van der Waals surface area contributed by atoms with Gasteiger partial charge >= 0.3 is 0 Å².